The number of nitriles is 3. The number of rotatable bonds is 2. The van der Waals surface area contributed by atoms with Crippen molar-refractivity contribution in [2.24, 2.45) is 0 Å². The Morgan fingerprint density at radius 1 is 1.04 bits per heavy atom. The van der Waals surface area contributed by atoms with E-state index in [0.29, 0.717) is 14.3 Å². The molecule has 0 N–H and O–H groups in total. The van der Waals surface area contributed by atoms with E-state index >= 15 is 0 Å². The van der Waals surface area contributed by atoms with Crippen LogP contribution in [0.2, 0.25) is 0 Å². The summed E-state index contributed by atoms with van der Waals surface area (Å²) < 4.78 is 0.464. The van der Waals surface area contributed by atoms with Gasteiger partial charge in [0.15, 0.2) is 11.4 Å². The Balaban J connectivity index is 2.13. The Morgan fingerprint density at radius 2 is 1.60 bits per heavy atom. The molecule has 1 aromatic carbocycles. The summed E-state index contributed by atoms with van der Waals surface area (Å²) in [5.41, 5.74) is -0.0578. The first-order chi connectivity index (χ1) is 12.1. The van der Waals surface area contributed by atoms with Crippen molar-refractivity contribution in [1.29, 1.82) is 15.8 Å². The number of fused-ring (bicyclic) bond motifs is 1. The minimum atomic E-state index is -0.553. The molecule has 8 nitrogen and oxygen atoms in total. The summed E-state index contributed by atoms with van der Waals surface area (Å²) >= 11 is 2.19. The lowest BCUT2D eigenvalue weighted by atomic mass is 10.1. The molecule has 0 unspecified atom stereocenters. The maximum Gasteiger partial charge on any atom is 0.277 e. The van der Waals surface area contributed by atoms with E-state index in [1.54, 1.807) is 18.2 Å². The van der Waals surface area contributed by atoms with Crippen LogP contribution in [0.25, 0.3) is 5.57 Å². The second kappa shape index (κ2) is 6.62. The van der Waals surface area contributed by atoms with Crippen LogP contribution in [0.1, 0.15) is 17.0 Å². The monoisotopic (exact) mass is 364 g/mol. The van der Waals surface area contributed by atoms with Crippen LogP contribution in [0.5, 0.6) is 0 Å². The molecule has 0 radical (unpaired) electrons. The topological polar surface area (TPSA) is 140 Å². The molecule has 0 atom stereocenters. The van der Waals surface area contributed by atoms with Crippen molar-refractivity contribution in [3.05, 3.63) is 55.6 Å². The number of nitro groups is 1. The summed E-state index contributed by atoms with van der Waals surface area (Å²) in [6.45, 7) is 0. The second-order valence-electron chi connectivity index (χ2n) is 4.51. The zero-order valence-electron chi connectivity index (χ0n) is 12.1. The number of hydrogen-bond donors (Lipinski definition) is 0. The van der Waals surface area contributed by atoms with Crippen LogP contribution in [-0.2, 0) is 0 Å². The summed E-state index contributed by atoms with van der Waals surface area (Å²) in [7, 11) is 0. The van der Waals surface area contributed by atoms with E-state index in [-0.39, 0.29) is 28.2 Å². The van der Waals surface area contributed by atoms with Gasteiger partial charge in [0.1, 0.15) is 28.3 Å². The lowest BCUT2D eigenvalue weighted by molar-refractivity contribution is -0.385. The third-order valence-electron chi connectivity index (χ3n) is 3.11. The average Bonchev–Trinajstić information content (AvgIpc) is 3.03. The molecule has 118 valence electrons. The third kappa shape index (κ3) is 2.90. The number of para-hydroxylation sites is 1. The first kappa shape index (κ1) is 16.5. The first-order valence-corrected chi connectivity index (χ1v) is 8.18. The number of thioether (sulfide) groups is 2. The van der Waals surface area contributed by atoms with Crippen LogP contribution < -0.4 is 0 Å². The minimum absolute atomic E-state index is 0.0974. The maximum absolute atomic E-state index is 11.2. The van der Waals surface area contributed by atoms with Gasteiger partial charge in [0.2, 0.25) is 0 Å². The molecule has 3 rings (SSSR count). The second-order valence-corrected chi connectivity index (χ2v) is 6.76. The Hall–Kier alpha value is -3.39. The van der Waals surface area contributed by atoms with Crippen LogP contribution in [0.15, 0.2) is 38.6 Å². The summed E-state index contributed by atoms with van der Waals surface area (Å²) in [6.07, 6.45) is 0. The van der Waals surface area contributed by atoms with E-state index in [9.17, 15) is 15.4 Å². The van der Waals surface area contributed by atoms with Crippen molar-refractivity contribution in [3.63, 3.8) is 0 Å². The van der Waals surface area contributed by atoms with E-state index in [0.717, 1.165) is 23.5 Å². The Morgan fingerprint density at radius 3 is 2.08 bits per heavy atom. The van der Waals surface area contributed by atoms with Crippen molar-refractivity contribution in [3.8, 4) is 18.2 Å². The molecule has 0 saturated heterocycles. The standard InChI is InChI=1S/C15H4N6O2S2/c16-5-9(8-3-1-2-4-12(8)21(22)23)15-24-13-14(25-15)20-11(7-18)10(6-17)19-13/h1-4H. The number of nitrogens with zero attached hydrogens (tertiary/aromatic N) is 6. The van der Waals surface area contributed by atoms with Crippen LogP contribution in [-0.4, -0.2) is 14.9 Å². The Kier molecular flexibility index (Phi) is 4.36. The summed E-state index contributed by atoms with van der Waals surface area (Å²) in [5.74, 6) is 0. The van der Waals surface area contributed by atoms with Gasteiger partial charge in [-0.25, -0.2) is 9.97 Å². The highest BCUT2D eigenvalue weighted by atomic mass is 32.2. The van der Waals surface area contributed by atoms with Crippen LogP contribution in [0.3, 0.4) is 0 Å². The highest BCUT2D eigenvalue weighted by Gasteiger charge is 2.29. The predicted molar refractivity (Wildman–Crippen MR) is 88.8 cm³/mol. The number of hydrogen-bond acceptors (Lipinski definition) is 9. The molecular formula is C15H4N6O2S2. The summed E-state index contributed by atoms with van der Waals surface area (Å²) in [4.78, 5) is 18.8. The Labute approximate surface area is 149 Å². The summed E-state index contributed by atoms with van der Waals surface area (Å²) in [6, 6.07) is 11.5. The SMILES string of the molecule is N#CC(=C1Sc2nc(C#N)c(C#N)nc2S1)c1ccccc1[N+](=O)[O-]. The molecule has 0 saturated carbocycles. The first-order valence-electron chi connectivity index (χ1n) is 6.55. The molecular weight excluding hydrogens is 360 g/mol. The van der Waals surface area contributed by atoms with E-state index in [2.05, 4.69) is 9.97 Å². The molecule has 10 heteroatoms. The lowest BCUT2D eigenvalue weighted by Gasteiger charge is -2.03. The van der Waals surface area contributed by atoms with Gasteiger partial charge in [-0.05, 0) is 6.07 Å². The molecule has 1 aliphatic rings. The molecule has 0 aliphatic carbocycles. The van der Waals surface area contributed by atoms with Gasteiger partial charge in [0.05, 0.1) is 20.3 Å². The smallest absolute Gasteiger partial charge is 0.258 e. The average molecular weight is 364 g/mol. The number of allylic oxidation sites excluding steroid dienone is 1. The number of aromatic nitrogens is 2. The normalized spacial score (nSPS) is 11.8. The van der Waals surface area contributed by atoms with E-state index in [1.165, 1.54) is 18.2 Å². The molecule has 2 aromatic rings. The highest BCUT2D eigenvalue weighted by Crippen LogP contribution is 2.52. The van der Waals surface area contributed by atoms with Gasteiger partial charge in [-0.2, -0.15) is 15.8 Å². The van der Waals surface area contributed by atoms with Gasteiger partial charge in [0, 0.05) is 6.07 Å². The molecule has 1 aromatic heterocycles. The van der Waals surface area contributed by atoms with Gasteiger partial charge in [-0.15, -0.1) is 0 Å². The van der Waals surface area contributed by atoms with Crippen LogP contribution in [0.4, 0.5) is 5.69 Å². The molecule has 0 amide bonds. The molecule has 1 aliphatic heterocycles. The van der Waals surface area contributed by atoms with Crippen molar-refractivity contribution in [2.75, 3.05) is 0 Å². The number of nitro benzene ring substituents is 1. The third-order valence-corrected chi connectivity index (χ3v) is 5.47. The van der Waals surface area contributed by atoms with Crippen molar-refractivity contribution in [1.82, 2.24) is 9.97 Å². The molecule has 0 bridgehead atoms. The largest absolute Gasteiger partial charge is 0.277 e. The summed E-state index contributed by atoms with van der Waals surface area (Å²) in [5, 5.41) is 39.5. The predicted octanol–water partition coefficient (Wildman–Crippen LogP) is 3.22. The van der Waals surface area contributed by atoms with E-state index in [1.807, 2.05) is 6.07 Å². The maximum atomic E-state index is 11.2. The van der Waals surface area contributed by atoms with Crippen molar-refractivity contribution in [2.45, 2.75) is 10.1 Å². The fourth-order valence-corrected chi connectivity index (χ4v) is 4.35. The number of benzene rings is 1. The van der Waals surface area contributed by atoms with Gasteiger partial charge in [0.25, 0.3) is 5.69 Å². The fraction of sp³-hybridized carbons (Fsp3) is 0. The molecule has 2 heterocycles. The van der Waals surface area contributed by atoms with Crippen molar-refractivity contribution < 1.29 is 4.92 Å². The molecule has 0 spiro atoms. The van der Waals surface area contributed by atoms with Crippen molar-refractivity contribution >= 4 is 34.8 Å². The van der Waals surface area contributed by atoms with E-state index < -0.39 is 4.92 Å². The van der Waals surface area contributed by atoms with E-state index in [4.69, 9.17) is 10.5 Å². The van der Waals surface area contributed by atoms with Gasteiger partial charge in [-0.3, -0.25) is 10.1 Å². The van der Waals surface area contributed by atoms with Gasteiger partial charge >= 0.3 is 0 Å². The molecule has 25 heavy (non-hydrogen) atoms. The van der Waals surface area contributed by atoms with Gasteiger partial charge < -0.3 is 0 Å². The molecule has 0 fully saturated rings. The Bertz CT molecular complexity index is 1030. The highest BCUT2D eigenvalue weighted by molar-refractivity contribution is 8.24. The fourth-order valence-electron chi connectivity index (χ4n) is 2.05. The van der Waals surface area contributed by atoms with Gasteiger partial charge in [-0.1, -0.05) is 35.7 Å². The quantitative estimate of drug-likeness (QED) is 0.446. The minimum Gasteiger partial charge on any atom is -0.258 e. The van der Waals surface area contributed by atoms with Crippen LogP contribution >= 0.6 is 23.5 Å². The lowest BCUT2D eigenvalue weighted by Crippen LogP contribution is -1.96. The van der Waals surface area contributed by atoms with Crippen LogP contribution in [0, 0.1) is 44.1 Å². The zero-order valence-corrected chi connectivity index (χ0v) is 13.8. The zero-order chi connectivity index (χ0) is 18.0.